The third-order valence-electron chi connectivity index (χ3n) is 4.89. The van der Waals surface area contributed by atoms with Crippen molar-refractivity contribution in [2.24, 2.45) is 0 Å². The summed E-state index contributed by atoms with van der Waals surface area (Å²) in [7, 11) is 0. The van der Waals surface area contributed by atoms with E-state index in [4.69, 9.17) is 27.9 Å². The summed E-state index contributed by atoms with van der Waals surface area (Å²) in [5.41, 5.74) is 1.75. The molecule has 0 N–H and O–H groups in total. The number of carbonyl (C=O) groups is 1. The fourth-order valence-corrected chi connectivity index (χ4v) is 3.50. The topological polar surface area (TPSA) is 50.6 Å². The van der Waals surface area contributed by atoms with Crippen molar-refractivity contribution in [2.75, 3.05) is 39.3 Å². The SMILES string of the molecule is CC(=O)N1CCN(CCCCOCc2ccn(-c3ccc(Cl)c(Cl)c3)n2)CC1. The Kier molecular flexibility index (Phi) is 7.73. The van der Waals surface area contributed by atoms with Gasteiger partial charge in [-0.3, -0.25) is 9.69 Å². The van der Waals surface area contributed by atoms with Gasteiger partial charge in [-0.1, -0.05) is 23.2 Å². The standard InChI is InChI=1S/C20H26Cl2N4O2/c1-16(27)25-11-9-24(10-12-25)7-2-3-13-28-15-17-6-8-26(23-17)18-4-5-19(21)20(22)14-18/h4-6,8,14H,2-3,7,9-13,15H2,1H3. The molecule has 8 heteroatoms. The molecule has 2 heterocycles. The predicted molar refractivity (Wildman–Crippen MR) is 111 cm³/mol. The van der Waals surface area contributed by atoms with Gasteiger partial charge in [-0.05, 0) is 43.7 Å². The Hall–Kier alpha value is -1.60. The van der Waals surface area contributed by atoms with Gasteiger partial charge in [0.1, 0.15) is 0 Å². The Morgan fingerprint density at radius 2 is 1.89 bits per heavy atom. The van der Waals surface area contributed by atoms with Crippen molar-refractivity contribution >= 4 is 29.1 Å². The molecule has 0 saturated carbocycles. The van der Waals surface area contributed by atoms with E-state index in [1.807, 2.05) is 23.2 Å². The summed E-state index contributed by atoms with van der Waals surface area (Å²) < 4.78 is 7.52. The van der Waals surface area contributed by atoms with Crippen LogP contribution in [0.2, 0.25) is 10.0 Å². The lowest BCUT2D eigenvalue weighted by atomic mass is 10.2. The van der Waals surface area contributed by atoms with Gasteiger partial charge in [0.15, 0.2) is 0 Å². The predicted octanol–water partition coefficient (Wildman–Crippen LogP) is 3.64. The van der Waals surface area contributed by atoms with Crippen molar-refractivity contribution in [3.63, 3.8) is 0 Å². The molecule has 1 aromatic carbocycles. The van der Waals surface area contributed by atoms with Gasteiger partial charge in [-0.25, -0.2) is 4.68 Å². The van der Waals surface area contributed by atoms with E-state index in [0.717, 1.165) is 56.9 Å². The molecule has 1 amide bonds. The van der Waals surface area contributed by atoms with Crippen LogP contribution in [-0.2, 0) is 16.1 Å². The molecule has 1 aliphatic rings. The minimum absolute atomic E-state index is 0.176. The lowest BCUT2D eigenvalue weighted by Gasteiger charge is -2.34. The lowest BCUT2D eigenvalue weighted by molar-refractivity contribution is -0.130. The first-order chi connectivity index (χ1) is 13.5. The molecule has 0 spiro atoms. The molecule has 1 aromatic heterocycles. The quantitative estimate of drug-likeness (QED) is 0.606. The fraction of sp³-hybridized carbons (Fsp3) is 0.500. The van der Waals surface area contributed by atoms with Crippen LogP contribution in [0.4, 0.5) is 0 Å². The average Bonchev–Trinajstić information content (AvgIpc) is 3.16. The molecule has 0 bridgehead atoms. The smallest absolute Gasteiger partial charge is 0.219 e. The molecular weight excluding hydrogens is 399 g/mol. The minimum Gasteiger partial charge on any atom is -0.375 e. The van der Waals surface area contributed by atoms with Gasteiger partial charge in [0.25, 0.3) is 0 Å². The number of unbranched alkanes of at least 4 members (excludes halogenated alkanes) is 1. The second-order valence-corrected chi connectivity index (χ2v) is 7.77. The second kappa shape index (κ2) is 10.3. The monoisotopic (exact) mass is 424 g/mol. The van der Waals surface area contributed by atoms with Crippen LogP contribution in [0.3, 0.4) is 0 Å². The van der Waals surface area contributed by atoms with E-state index in [0.29, 0.717) is 23.3 Å². The fourth-order valence-electron chi connectivity index (χ4n) is 3.21. The summed E-state index contributed by atoms with van der Waals surface area (Å²) in [6.45, 7) is 7.51. The Bertz CT molecular complexity index is 788. The molecule has 0 aliphatic carbocycles. The summed E-state index contributed by atoms with van der Waals surface area (Å²) in [6.07, 6.45) is 4.00. The number of benzene rings is 1. The van der Waals surface area contributed by atoms with Crippen molar-refractivity contribution in [3.8, 4) is 5.69 Å². The first kappa shape index (κ1) is 21.1. The zero-order valence-corrected chi connectivity index (χ0v) is 17.6. The van der Waals surface area contributed by atoms with Crippen molar-refractivity contribution in [3.05, 3.63) is 46.2 Å². The molecule has 0 unspecified atom stereocenters. The highest BCUT2D eigenvalue weighted by Gasteiger charge is 2.17. The van der Waals surface area contributed by atoms with E-state index in [1.54, 1.807) is 23.7 Å². The number of aromatic nitrogens is 2. The molecule has 6 nitrogen and oxygen atoms in total. The third kappa shape index (κ3) is 5.95. The van der Waals surface area contributed by atoms with Crippen LogP contribution in [0.1, 0.15) is 25.5 Å². The largest absolute Gasteiger partial charge is 0.375 e. The number of amides is 1. The number of rotatable bonds is 8. The van der Waals surface area contributed by atoms with Gasteiger partial charge >= 0.3 is 0 Å². The maximum atomic E-state index is 11.3. The van der Waals surface area contributed by atoms with Crippen LogP contribution in [0, 0.1) is 0 Å². The zero-order chi connectivity index (χ0) is 19.9. The van der Waals surface area contributed by atoms with Gasteiger partial charge in [-0.15, -0.1) is 0 Å². The van der Waals surface area contributed by atoms with Crippen LogP contribution in [0.5, 0.6) is 0 Å². The summed E-state index contributed by atoms with van der Waals surface area (Å²) in [5, 5.41) is 5.55. The van der Waals surface area contributed by atoms with Crippen molar-refractivity contribution < 1.29 is 9.53 Å². The van der Waals surface area contributed by atoms with E-state index in [2.05, 4.69) is 10.00 Å². The Morgan fingerprint density at radius 3 is 2.61 bits per heavy atom. The molecule has 1 fully saturated rings. The first-order valence-corrected chi connectivity index (χ1v) is 10.3. The maximum absolute atomic E-state index is 11.3. The highest BCUT2D eigenvalue weighted by molar-refractivity contribution is 6.42. The van der Waals surface area contributed by atoms with Gasteiger partial charge in [0, 0.05) is 45.9 Å². The Morgan fingerprint density at radius 1 is 1.11 bits per heavy atom. The Balaban J connectivity index is 1.31. The van der Waals surface area contributed by atoms with E-state index >= 15 is 0 Å². The van der Waals surface area contributed by atoms with Crippen LogP contribution < -0.4 is 0 Å². The summed E-state index contributed by atoms with van der Waals surface area (Å²) in [6, 6.07) is 7.37. The molecule has 152 valence electrons. The van der Waals surface area contributed by atoms with Gasteiger partial charge in [0.2, 0.25) is 5.91 Å². The second-order valence-electron chi connectivity index (χ2n) is 6.96. The third-order valence-corrected chi connectivity index (χ3v) is 5.63. The number of hydrogen-bond acceptors (Lipinski definition) is 4. The van der Waals surface area contributed by atoms with Crippen LogP contribution in [0.25, 0.3) is 5.69 Å². The van der Waals surface area contributed by atoms with Gasteiger partial charge in [0.05, 0.1) is 28.0 Å². The number of piperazine rings is 1. The normalized spacial score (nSPS) is 15.2. The van der Waals surface area contributed by atoms with Gasteiger partial charge < -0.3 is 9.64 Å². The summed E-state index contributed by atoms with van der Waals surface area (Å²) in [4.78, 5) is 15.7. The number of nitrogens with zero attached hydrogens (tertiary/aromatic N) is 4. The number of hydrogen-bond donors (Lipinski definition) is 0. The number of ether oxygens (including phenoxy) is 1. The molecule has 0 radical (unpaired) electrons. The van der Waals surface area contributed by atoms with E-state index in [9.17, 15) is 4.79 Å². The highest BCUT2D eigenvalue weighted by atomic mass is 35.5. The lowest BCUT2D eigenvalue weighted by Crippen LogP contribution is -2.48. The summed E-state index contributed by atoms with van der Waals surface area (Å²) in [5.74, 6) is 0.176. The highest BCUT2D eigenvalue weighted by Crippen LogP contribution is 2.24. The Labute approximate surface area is 176 Å². The summed E-state index contributed by atoms with van der Waals surface area (Å²) >= 11 is 12.0. The van der Waals surface area contributed by atoms with Crippen LogP contribution >= 0.6 is 23.2 Å². The van der Waals surface area contributed by atoms with E-state index in [-0.39, 0.29) is 5.91 Å². The van der Waals surface area contributed by atoms with E-state index < -0.39 is 0 Å². The van der Waals surface area contributed by atoms with E-state index in [1.165, 1.54) is 0 Å². The minimum atomic E-state index is 0.176. The molecule has 1 saturated heterocycles. The van der Waals surface area contributed by atoms with Crippen molar-refractivity contribution in [1.82, 2.24) is 19.6 Å². The zero-order valence-electron chi connectivity index (χ0n) is 16.1. The van der Waals surface area contributed by atoms with Gasteiger partial charge in [-0.2, -0.15) is 5.10 Å². The maximum Gasteiger partial charge on any atom is 0.219 e. The van der Waals surface area contributed by atoms with Crippen molar-refractivity contribution in [2.45, 2.75) is 26.4 Å². The van der Waals surface area contributed by atoms with Crippen molar-refractivity contribution in [1.29, 1.82) is 0 Å². The van der Waals surface area contributed by atoms with Crippen LogP contribution in [0.15, 0.2) is 30.5 Å². The molecule has 28 heavy (non-hydrogen) atoms. The molecule has 3 rings (SSSR count). The average molecular weight is 425 g/mol. The van der Waals surface area contributed by atoms with Crippen LogP contribution in [-0.4, -0.2) is 64.8 Å². The molecular formula is C20H26Cl2N4O2. The number of carbonyl (C=O) groups excluding carboxylic acids is 1. The molecule has 2 aromatic rings. The molecule has 0 atom stereocenters. The first-order valence-electron chi connectivity index (χ1n) is 9.58. The number of halogens is 2. The molecule has 1 aliphatic heterocycles.